The van der Waals surface area contributed by atoms with Gasteiger partial charge >= 0.3 is 0 Å². The van der Waals surface area contributed by atoms with E-state index in [9.17, 15) is 0 Å². The Bertz CT molecular complexity index is 768. The molecule has 0 aliphatic heterocycles. The molecule has 0 aliphatic carbocycles. The van der Waals surface area contributed by atoms with E-state index in [1.54, 1.807) is 0 Å². The lowest BCUT2D eigenvalue weighted by molar-refractivity contribution is 0.591. The van der Waals surface area contributed by atoms with Crippen LogP contribution in [0, 0.1) is 0 Å². The lowest BCUT2D eigenvalue weighted by Gasteiger charge is -2.22. The maximum Gasteiger partial charge on any atom is 0.0393 e. The average Bonchev–Trinajstić information content (AvgIpc) is 2.55. The van der Waals surface area contributed by atoms with Crippen molar-refractivity contribution in [2.45, 2.75) is 26.2 Å². The van der Waals surface area contributed by atoms with E-state index in [0.717, 1.165) is 11.4 Å². The largest absolute Gasteiger partial charge is 0.356 e. The summed E-state index contributed by atoms with van der Waals surface area (Å²) in [5, 5.41) is 3.53. The highest BCUT2D eigenvalue weighted by Gasteiger charge is 2.16. The molecule has 0 saturated carbocycles. The van der Waals surface area contributed by atoms with Crippen LogP contribution in [0.1, 0.15) is 26.3 Å². The Morgan fingerprint density at radius 1 is 0.609 bits per heavy atom. The molecule has 116 valence electrons. The predicted molar refractivity (Wildman–Crippen MR) is 100 cm³/mol. The van der Waals surface area contributed by atoms with E-state index in [1.165, 1.54) is 16.7 Å². The third kappa shape index (κ3) is 3.81. The molecule has 3 aromatic carbocycles. The zero-order chi connectivity index (χ0) is 16.3. The molecule has 0 fully saturated rings. The zero-order valence-corrected chi connectivity index (χ0v) is 14.0. The van der Waals surface area contributed by atoms with Crippen molar-refractivity contribution < 1.29 is 0 Å². The summed E-state index contributed by atoms with van der Waals surface area (Å²) in [6.07, 6.45) is 0. The molecule has 0 spiro atoms. The summed E-state index contributed by atoms with van der Waals surface area (Å²) in [6, 6.07) is 27.6. The summed E-state index contributed by atoms with van der Waals surface area (Å²) in [6.45, 7) is 6.76. The standard InChI is InChI=1S/C22H23N/c1-22(2,3)19-14-18(17-10-6-4-7-11-17)15-21(16-19)23-20-12-8-5-9-13-20/h4-16,23H,1-3H3. The summed E-state index contributed by atoms with van der Waals surface area (Å²) in [4.78, 5) is 0. The van der Waals surface area contributed by atoms with Gasteiger partial charge in [0.25, 0.3) is 0 Å². The van der Waals surface area contributed by atoms with Crippen LogP contribution in [-0.4, -0.2) is 0 Å². The second-order valence-corrected chi connectivity index (χ2v) is 6.91. The van der Waals surface area contributed by atoms with E-state index in [4.69, 9.17) is 0 Å². The van der Waals surface area contributed by atoms with E-state index in [0.29, 0.717) is 0 Å². The minimum Gasteiger partial charge on any atom is -0.356 e. The normalized spacial score (nSPS) is 11.3. The number of benzene rings is 3. The fourth-order valence-corrected chi connectivity index (χ4v) is 2.62. The van der Waals surface area contributed by atoms with Crippen LogP contribution in [0.5, 0.6) is 0 Å². The second-order valence-electron chi connectivity index (χ2n) is 6.91. The third-order valence-corrected chi connectivity index (χ3v) is 3.97. The van der Waals surface area contributed by atoms with Crippen molar-refractivity contribution in [1.82, 2.24) is 0 Å². The summed E-state index contributed by atoms with van der Waals surface area (Å²) in [5.74, 6) is 0. The molecule has 1 heteroatoms. The number of hydrogen-bond acceptors (Lipinski definition) is 1. The smallest absolute Gasteiger partial charge is 0.0393 e. The lowest BCUT2D eigenvalue weighted by Crippen LogP contribution is -2.11. The van der Waals surface area contributed by atoms with Crippen molar-refractivity contribution in [3.63, 3.8) is 0 Å². The van der Waals surface area contributed by atoms with Crippen molar-refractivity contribution >= 4 is 11.4 Å². The predicted octanol–water partition coefficient (Wildman–Crippen LogP) is 6.39. The van der Waals surface area contributed by atoms with Crippen LogP contribution < -0.4 is 5.32 Å². The lowest BCUT2D eigenvalue weighted by atomic mass is 9.85. The van der Waals surface area contributed by atoms with Crippen molar-refractivity contribution in [3.05, 3.63) is 84.4 Å². The molecule has 1 N–H and O–H groups in total. The number of rotatable bonds is 3. The first kappa shape index (κ1) is 15.4. The Morgan fingerprint density at radius 3 is 1.83 bits per heavy atom. The van der Waals surface area contributed by atoms with E-state index >= 15 is 0 Å². The molecule has 0 bridgehead atoms. The minimum atomic E-state index is 0.109. The molecule has 0 saturated heterocycles. The Morgan fingerprint density at radius 2 is 1.22 bits per heavy atom. The highest BCUT2D eigenvalue weighted by atomic mass is 14.9. The number of para-hydroxylation sites is 1. The van der Waals surface area contributed by atoms with Gasteiger partial charge in [0, 0.05) is 11.4 Å². The van der Waals surface area contributed by atoms with Gasteiger partial charge in [-0.05, 0) is 46.4 Å². The number of nitrogens with one attached hydrogen (secondary N) is 1. The first-order chi connectivity index (χ1) is 11.0. The van der Waals surface area contributed by atoms with E-state index in [2.05, 4.69) is 86.8 Å². The van der Waals surface area contributed by atoms with Gasteiger partial charge in [-0.2, -0.15) is 0 Å². The average molecular weight is 301 g/mol. The summed E-state index contributed by atoms with van der Waals surface area (Å²) in [5.41, 5.74) is 6.17. The van der Waals surface area contributed by atoms with Gasteiger partial charge < -0.3 is 5.32 Å². The fourth-order valence-electron chi connectivity index (χ4n) is 2.62. The summed E-state index contributed by atoms with van der Waals surface area (Å²) >= 11 is 0. The van der Waals surface area contributed by atoms with E-state index < -0.39 is 0 Å². The van der Waals surface area contributed by atoms with Crippen LogP contribution in [0.2, 0.25) is 0 Å². The van der Waals surface area contributed by atoms with E-state index in [1.807, 2.05) is 18.2 Å². The summed E-state index contributed by atoms with van der Waals surface area (Å²) in [7, 11) is 0. The number of hydrogen-bond donors (Lipinski definition) is 1. The Labute approximate surface area is 139 Å². The first-order valence-electron chi connectivity index (χ1n) is 8.05. The zero-order valence-electron chi connectivity index (χ0n) is 14.0. The highest BCUT2D eigenvalue weighted by Crippen LogP contribution is 2.32. The maximum absolute atomic E-state index is 3.53. The van der Waals surface area contributed by atoms with Crippen LogP contribution in [-0.2, 0) is 5.41 Å². The first-order valence-corrected chi connectivity index (χ1v) is 8.05. The molecule has 0 aliphatic rings. The highest BCUT2D eigenvalue weighted by molar-refractivity contribution is 5.72. The van der Waals surface area contributed by atoms with Crippen LogP contribution >= 0.6 is 0 Å². The van der Waals surface area contributed by atoms with Gasteiger partial charge in [0.05, 0.1) is 0 Å². The molecular formula is C22H23N. The van der Waals surface area contributed by atoms with Gasteiger partial charge in [0.1, 0.15) is 0 Å². The minimum absolute atomic E-state index is 0.109. The molecule has 3 rings (SSSR count). The van der Waals surface area contributed by atoms with Gasteiger partial charge in [0.15, 0.2) is 0 Å². The van der Waals surface area contributed by atoms with Crippen LogP contribution in [0.3, 0.4) is 0 Å². The van der Waals surface area contributed by atoms with Gasteiger partial charge in [-0.3, -0.25) is 0 Å². The van der Waals surface area contributed by atoms with Crippen LogP contribution in [0.15, 0.2) is 78.9 Å². The Hall–Kier alpha value is -2.54. The molecule has 0 unspecified atom stereocenters. The molecule has 3 aromatic rings. The molecule has 0 amide bonds. The van der Waals surface area contributed by atoms with Crippen molar-refractivity contribution in [2.24, 2.45) is 0 Å². The van der Waals surface area contributed by atoms with Crippen molar-refractivity contribution in [1.29, 1.82) is 0 Å². The monoisotopic (exact) mass is 301 g/mol. The molecule has 0 aromatic heterocycles. The maximum atomic E-state index is 3.53. The molecule has 0 atom stereocenters. The topological polar surface area (TPSA) is 12.0 Å². The fraction of sp³-hybridized carbons (Fsp3) is 0.182. The van der Waals surface area contributed by atoms with E-state index in [-0.39, 0.29) is 5.41 Å². The van der Waals surface area contributed by atoms with Crippen molar-refractivity contribution in [2.75, 3.05) is 5.32 Å². The van der Waals surface area contributed by atoms with Gasteiger partial charge in [-0.1, -0.05) is 75.4 Å². The second kappa shape index (κ2) is 6.29. The Balaban J connectivity index is 2.05. The third-order valence-electron chi connectivity index (χ3n) is 3.97. The van der Waals surface area contributed by atoms with Gasteiger partial charge in [0.2, 0.25) is 0 Å². The molecule has 1 nitrogen and oxygen atoms in total. The van der Waals surface area contributed by atoms with Crippen molar-refractivity contribution in [3.8, 4) is 11.1 Å². The SMILES string of the molecule is CC(C)(C)c1cc(Nc2ccccc2)cc(-c2ccccc2)c1. The van der Waals surface area contributed by atoms with Gasteiger partial charge in [-0.15, -0.1) is 0 Å². The molecular weight excluding hydrogens is 278 g/mol. The van der Waals surface area contributed by atoms with Crippen LogP contribution in [0.25, 0.3) is 11.1 Å². The molecule has 0 radical (unpaired) electrons. The number of anilines is 2. The van der Waals surface area contributed by atoms with Crippen LogP contribution in [0.4, 0.5) is 11.4 Å². The molecule has 23 heavy (non-hydrogen) atoms. The summed E-state index contributed by atoms with van der Waals surface area (Å²) < 4.78 is 0. The van der Waals surface area contributed by atoms with Gasteiger partial charge in [-0.25, -0.2) is 0 Å². The quantitative estimate of drug-likeness (QED) is 0.590. The Kier molecular flexibility index (Phi) is 4.20. The molecule has 0 heterocycles.